The van der Waals surface area contributed by atoms with Gasteiger partial charge in [0.1, 0.15) is 0 Å². The summed E-state index contributed by atoms with van der Waals surface area (Å²) in [6.45, 7) is 6.21. The molecule has 0 aliphatic heterocycles. The van der Waals surface area contributed by atoms with Gasteiger partial charge in [-0.3, -0.25) is 4.79 Å². The number of hydrogen-bond acceptors (Lipinski definition) is 5. The summed E-state index contributed by atoms with van der Waals surface area (Å²) in [5.74, 6) is 0. The minimum Gasteiger partial charge on any atom is -0.397 e. The van der Waals surface area contributed by atoms with Gasteiger partial charge in [0.25, 0.3) is 5.56 Å². The van der Waals surface area contributed by atoms with E-state index in [1.807, 2.05) is 6.07 Å². The second kappa shape index (κ2) is 6.58. The zero-order valence-corrected chi connectivity index (χ0v) is 12.8. The first-order chi connectivity index (χ1) is 9.99. The van der Waals surface area contributed by atoms with E-state index in [9.17, 15) is 4.79 Å². The van der Waals surface area contributed by atoms with E-state index < -0.39 is 0 Å². The van der Waals surface area contributed by atoms with Gasteiger partial charge in [-0.2, -0.15) is 0 Å². The second-order valence-corrected chi connectivity index (χ2v) is 5.54. The number of aromatic nitrogens is 2. The third kappa shape index (κ3) is 3.72. The fourth-order valence-corrected chi connectivity index (χ4v) is 2.09. The van der Waals surface area contributed by atoms with Crippen molar-refractivity contribution in [3.05, 3.63) is 28.8 Å². The van der Waals surface area contributed by atoms with Crippen molar-refractivity contribution >= 4 is 22.3 Å². The molecule has 0 atom stereocenters. The van der Waals surface area contributed by atoms with Gasteiger partial charge in [0, 0.05) is 12.6 Å². The molecule has 1 heterocycles. The van der Waals surface area contributed by atoms with Crippen LogP contribution in [0.4, 0.5) is 11.4 Å². The first-order valence-electron chi connectivity index (χ1n) is 7.20. The molecular formula is C15H23N5O. The predicted octanol–water partition coefficient (Wildman–Crippen LogP) is 1.65. The van der Waals surface area contributed by atoms with E-state index >= 15 is 0 Å². The summed E-state index contributed by atoms with van der Waals surface area (Å²) in [6, 6.07) is 4.04. The molecule has 4 N–H and O–H groups in total. The highest BCUT2D eigenvalue weighted by Gasteiger charge is 2.06. The molecule has 2 aromatic rings. The van der Waals surface area contributed by atoms with Crippen LogP contribution in [-0.4, -0.2) is 41.0 Å². The van der Waals surface area contributed by atoms with Crippen LogP contribution in [0.1, 0.15) is 20.3 Å². The summed E-state index contributed by atoms with van der Waals surface area (Å²) in [5.41, 5.74) is 7.87. The van der Waals surface area contributed by atoms with E-state index in [1.165, 1.54) is 6.33 Å². The van der Waals surface area contributed by atoms with E-state index in [0.29, 0.717) is 22.6 Å². The number of hydrogen-bond donors (Lipinski definition) is 3. The Kier molecular flexibility index (Phi) is 4.80. The molecule has 0 radical (unpaired) electrons. The van der Waals surface area contributed by atoms with Crippen molar-refractivity contribution in [3.63, 3.8) is 0 Å². The first kappa shape index (κ1) is 15.3. The van der Waals surface area contributed by atoms with Crippen molar-refractivity contribution in [2.45, 2.75) is 26.3 Å². The zero-order chi connectivity index (χ0) is 15.4. The lowest BCUT2D eigenvalue weighted by Crippen LogP contribution is -2.28. The third-order valence-electron chi connectivity index (χ3n) is 3.70. The van der Waals surface area contributed by atoms with E-state index in [1.54, 1.807) is 6.07 Å². The molecule has 21 heavy (non-hydrogen) atoms. The highest BCUT2D eigenvalue weighted by atomic mass is 16.1. The summed E-state index contributed by atoms with van der Waals surface area (Å²) < 4.78 is 0. The number of nitrogen functional groups attached to an aromatic ring is 1. The number of H-pyrrole nitrogens is 1. The summed E-state index contributed by atoms with van der Waals surface area (Å²) >= 11 is 0. The van der Waals surface area contributed by atoms with Crippen molar-refractivity contribution in [1.82, 2.24) is 14.9 Å². The Bertz CT molecular complexity index is 665. The summed E-state index contributed by atoms with van der Waals surface area (Å²) in [4.78, 5) is 20.7. The van der Waals surface area contributed by atoms with Gasteiger partial charge in [0.05, 0.1) is 28.6 Å². The van der Waals surface area contributed by atoms with Gasteiger partial charge >= 0.3 is 0 Å². The van der Waals surface area contributed by atoms with E-state index in [4.69, 9.17) is 5.73 Å². The fourth-order valence-electron chi connectivity index (χ4n) is 2.09. The maximum atomic E-state index is 11.7. The average Bonchev–Trinajstić information content (AvgIpc) is 2.44. The van der Waals surface area contributed by atoms with Gasteiger partial charge in [-0.1, -0.05) is 0 Å². The van der Waals surface area contributed by atoms with Crippen LogP contribution in [0.15, 0.2) is 23.3 Å². The van der Waals surface area contributed by atoms with Crippen LogP contribution in [0.2, 0.25) is 0 Å². The van der Waals surface area contributed by atoms with Gasteiger partial charge in [-0.15, -0.1) is 0 Å². The van der Waals surface area contributed by atoms with Gasteiger partial charge < -0.3 is 20.9 Å². The Labute approximate surface area is 124 Å². The molecule has 0 amide bonds. The van der Waals surface area contributed by atoms with Crippen LogP contribution >= 0.6 is 0 Å². The van der Waals surface area contributed by atoms with E-state index in [-0.39, 0.29) is 5.56 Å². The van der Waals surface area contributed by atoms with Crippen LogP contribution in [0.5, 0.6) is 0 Å². The number of nitrogens with two attached hydrogens (primary N) is 1. The molecule has 1 aromatic carbocycles. The number of nitrogens with one attached hydrogen (secondary N) is 2. The molecular weight excluding hydrogens is 266 g/mol. The quantitative estimate of drug-likeness (QED) is 0.556. The predicted molar refractivity (Wildman–Crippen MR) is 87.6 cm³/mol. The molecule has 0 saturated heterocycles. The molecule has 114 valence electrons. The van der Waals surface area contributed by atoms with Crippen molar-refractivity contribution in [2.24, 2.45) is 0 Å². The molecule has 0 bridgehead atoms. The van der Waals surface area contributed by atoms with Crippen molar-refractivity contribution in [3.8, 4) is 0 Å². The number of benzene rings is 1. The number of nitrogens with zero attached hydrogens (tertiary/aromatic N) is 2. The Hall–Kier alpha value is -2.08. The Morgan fingerprint density at radius 3 is 2.90 bits per heavy atom. The Balaban J connectivity index is 2.02. The standard InChI is InChI=1S/C15H23N5O/c1-10(2)20(3)6-4-5-17-14-8-13-11(7-12(14)16)15(21)19-9-18-13/h7-10,17H,4-6,16H2,1-3H3,(H,18,19,21). The number of anilines is 2. The van der Waals surface area contributed by atoms with E-state index in [0.717, 1.165) is 25.2 Å². The van der Waals surface area contributed by atoms with Crippen LogP contribution in [-0.2, 0) is 0 Å². The zero-order valence-electron chi connectivity index (χ0n) is 12.8. The van der Waals surface area contributed by atoms with Gasteiger partial charge in [0.15, 0.2) is 0 Å². The third-order valence-corrected chi connectivity index (χ3v) is 3.70. The fraction of sp³-hybridized carbons (Fsp3) is 0.467. The molecule has 0 aliphatic carbocycles. The van der Waals surface area contributed by atoms with Crippen molar-refractivity contribution < 1.29 is 0 Å². The topological polar surface area (TPSA) is 87.0 Å². The maximum absolute atomic E-state index is 11.7. The van der Waals surface area contributed by atoms with Crippen LogP contribution in [0.25, 0.3) is 10.9 Å². The molecule has 0 fully saturated rings. The molecule has 0 aliphatic rings. The SMILES string of the molecule is CC(C)N(C)CCCNc1cc2nc[nH]c(=O)c2cc1N. The monoisotopic (exact) mass is 289 g/mol. The molecule has 1 aromatic heterocycles. The number of aromatic amines is 1. The summed E-state index contributed by atoms with van der Waals surface area (Å²) in [7, 11) is 2.12. The highest BCUT2D eigenvalue weighted by Crippen LogP contribution is 2.22. The highest BCUT2D eigenvalue weighted by molar-refractivity contribution is 5.88. The number of fused-ring (bicyclic) bond motifs is 1. The number of rotatable bonds is 6. The van der Waals surface area contributed by atoms with Crippen LogP contribution < -0.4 is 16.6 Å². The van der Waals surface area contributed by atoms with Gasteiger partial charge in [-0.25, -0.2) is 4.98 Å². The largest absolute Gasteiger partial charge is 0.397 e. The minimum atomic E-state index is -0.170. The Morgan fingerprint density at radius 2 is 2.19 bits per heavy atom. The maximum Gasteiger partial charge on any atom is 0.258 e. The molecule has 0 saturated carbocycles. The van der Waals surface area contributed by atoms with Crippen LogP contribution in [0.3, 0.4) is 0 Å². The average molecular weight is 289 g/mol. The Morgan fingerprint density at radius 1 is 1.43 bits per heavy atom. The molecule has 6 heteroatoms. The summed E-state index contributed by atoms with van der Waals surface area (Å²) in [5, 5.41) is 3.83. The second-order valence-electron chi connectivity index (χ2n) is 5.54. The lowest BCUT2D eigenvalue weighted by molar-refractivity contribution is 0.273. The van der Waals surface area contributed by atoms with E-state index in [2.05, 4.69) is 41.1 Å². The molecule has 6 nitrogen and oxygen atoms in total. The van der Waals surface area contributed by atoms with Gasteiger partial charge in [-0.05, 0) is 46.0 Å². The lowest BCUT2D eigenvalue weighted by atomic mass is 10.2. The molecule has 2 rings (SSSR count). The lowest BCUT2D eigenvalue weighted by Gasteiger charge is -2.21. The minimum absolute atomic E-state index is 0.170. The van der Waals surface area contributed by atoms with Crippen molar-refractivity contribution in [1.29, 1.82) is 0 Å². The molecule has 0 spiro atoms. The van der Waals surface area contributed by atoms with Gasteiger partial charge in [0.2, 0.25) is 0 Å². The first-order valence-corrected chi connectivity index (χ1v) is 7.20. The normalized spacial score (nSPS) is 11.5. The smallest absolute Gasteiger partial charge is 0.258 e. The van der Waals surface area contributed by atoms with Crippen molar-refractivity contribution in [2.75, 3.05) is 31.2 Å². The summed E-state index contributed by atoms with van der Waals surface area (Å²) in [6.07, 6.45) is 2.43. The molecule has 0 unspecified atom stereocenters. The van der Waals surface area contributed by atoms with Crippen LogP contribution in [0, 0.1) is 0 Å².